The van der Waals surface area contributed by atoms with E-state index in [0.29, 0.717) is 18.8 Å². The van der Waals surface area contributed by atoms with E-state index in [9.17, 15) is 4.79 Å². The minimum absolute atomic E-state index is 0.0812. The molecule has 1 unspecified atom stereocenters. The van der Waals surface area contributed by atoms with Gasteiger partial charge in [-0.25, -0.2) is 0 Å². The molecule has 0 bridgehead atoms. The van der Waals surface area contributed by atoms with Crippen molar-refractivity contribution in [1.29, 1.82) is 0 Å². The summed E-state index contributed by atoms with van der Waals surface area (Å²) in [7, 11) is 1.47. The Morgan fingerprint density at radius 3 is 3.18 bits per heavy atom. The predicted molar refractivity (Wildman–Crippen MR) is 39.9 cm³/mol. The van der Waals surface area contributed by atoms with Gasteiger partial charge in [0.25, 0.3) is 0 Å². The number of carbonyl (C=O) groups excluding carboxylic acids is 2. The first kappa shape index (κ1) is 8.24. The average molecular weight is 156 g/mol. The standard InChI is InChI=1S/C8H12O3/c1-10-6-11-5-7-3-2-4-8(7)9/h7H,2-5H2,1H3. The van der Waals surface area contributed by atoms with Crippen LogP contribution in [0, 0.1) is 5.92 Å². The van der Waals surface area contributed by atoms with Crippen LogP contribution >= 0.6 is 0 Å². The van der Waals surface area contributed by atoms with Crippen LogP contribution in [0.4, 0.5) is 0 Å². The molecular formula is C8H12O3. The van der Waals surface area contributed by atoms with Crippen molar-refractivity contribution < 1.29 is 14.0 Å². The van der Waals surface area contributed by atoms with Crippen LogP contribution in [0.1, 0.15) is 19.3 Å². The summed E-state index contributed by atoms with van der Waals surface area (Å²) in [5, 5.41) is 0. The molecule has 3 nitrogen and oxygen atoms in total. The van der Waals surface area contributed by atoms with Gasteiger partial charge in [-0.15, -0.1) is 0 Å². The Balaban J connectivity index is 2.20. The van der Waals surface area contributed by atoms with Gasteiger partial charge >= 0.3 is 0 Å². The summed E-state index contributed by atoms with van der Waals surface area (Å²) in [4.78, 5) is 11.0. The topological polar surface area (TPSA) is 37.6 Å². The van der Waals surface area contributed by atoms with Crippen LogP contribution in [-0.2, 0) is 14.0 Å². The monoisotopic (exact) mass is 156 g/mol. The molecule has 0 aromatic heterocycles. The fourth-order valence-corrected chi connectivity index (χ4v) is 1.26. The highest BCUT2D eigenvalue weighted by atomic mass is 16.6. The lowest BCUT2D eigenvalue weighted by Gasteiger charge is -2.04. The normalized spacial score (nSPS) is 24.8. The number of carbonyl (C=O) groups is 1. The summed E-state index contributed by atoms with van der Waals surface area (Å²) in [5.41, 5.74) is 0. The lowest BCUT2D eigenvalue weighted by molar-refractivity contribution is -0.121. The Hall–Kier alpha value is -0.860. The second-order valence-corrected chi connectivity index (χ2v) is 2.65. The van der Waals surface area contributed by atoms with Crippen molar-refractivity contribution in [2.45, 2.75) is 19.3 Å². The lowest BCUT2D eigenvalue weighted by atomic mass is 10.1. The molecule has 1 rings (SSSR count). The molecule has 0 radical (unpaired) electrons. The van der Waals surface area contributed by atoms with Crippen molar-refractivity contribution in [3.05, 3.63) is 0 Å². The van der Waals surface area contributed by atoms with E-state index >= 15 is 0 Å². The molecule has 1 aliphatic rings. The highest BCUT2D eigenvalue weighted by Crippen LogP contribution is 2.20. The summed E-state index contributed by atoms with van der Waals surface area (Å²) in [6.07, 6.45) is 2.66. The van der Waals surface area contributed by atoms with Crippen LogP contribution in [0.2, 0.25) is 0 Å². The van der Waals surface area contributed by atoms with Crippen molar-refractivity contribution >= 4 is 12.3 Å². The smallest absolute Gasteiger partial charge is 0.170 e. The number of hydrogen-bond acceptors (Lipinski definition) is 2. The zero-order valence-corrected chi connectivity index (χ0v) is 6.63. The van der Waals surface area contributed by atoms with E-state index < -0.39 is 0 Å². The highest BCUT2D eigenvalue weighted by molar-refractivity contribution is 5.83. The Bertz CT molecular complexity index is 163. The van der Waals surface area contributed by atoms with E-state index in [1.807, 2.05) is 0 Å². The Kier molecular flexibility index (Phi) is 3.08. The van der Waals surface area contributed by atoms with Gasteiger partial charge in [0.2, 0.25) is 0 Å². The van der Waals surface area contributed by atoms with E-state index in [-0.39, 0.29) is 5.92 Å². The van der Waals surface area contributed by atoms with Crippen molar-refractivity contribution in [3.63, 3.8) is 0 Å². The number of ether oxygens (including phenoxy) is 1. The Morgan fingerprint density at radius 2 is 2.64 bits per heavy atom. The van der Waals surface area contributed by atoms with Gasteiger partial charge in [0, 0.05) is 6.42 Å². The van der Waals surface area contributed by atoms with Gasteiger partial charge in [-0.05, 0) is 12.8 Å². The molecule has 1 aliphatic carbocycles. The molecule has 1 atom stereocenters. The minimum atomic E-state index is 0.0812. The van der Waals surface area contributed by atoms with Crippen LogP contribution in [0.15, 0.2) is 0 Å². The fraction of sp³-hybridized carbons (Fsp3) is 0.750. The zero-order valence-electron chi connectivity index (χ0n) is 6.63. The molecule has 0 saturated heterocycles. The summed E-state index contributed by atoms with van der Waals surface area (Å²) in [6, 6.07) is 0. The van der Waals surface area contributed by atoms with Crippen LogP contribution in [-0.4, -0.2) is 26.0 Å². The second-order valence-electron chi connectivity index (χ2n) is 2.65. The van der Waals surface area contributed by atoms with E-state index in [4.69, 9.17) is 4.74 Å². The van der Waals surface area contributed by atoms with E-state index in [0.717, 1.165) is 12.8 Å². The lowest BCUT2D eigenvalue weighted by Crippen LogP contribution is -2.13. The van der Waals surface area contributed by atoms with Crippen LogP contribution < -0.4 is 0 Å². The number of Topliss-reactive ketones (excluding diaryl/α,β-unsaturated/α-hetero) is 1. The molecule has 0 aliphatic heterocycles. The quantitative estimate of drug-likeness (QED) is 0.443. The van der Waals surface area contributed by atoms with Gasteiger partial charge in [0.05, 0.1) is 5.92 Å². The van der Waals surface area contributed by atoms with Crippen molar-refractivity contribution in [2.75, 3.05) is 13.7 Å². The van der Waals surface area contributed by atoms with Gasteiger partial charge in [0.15, 0.2) is 6.47 Å². The third kappa shape index (κ3) is 2.33. The fourth-order valence-electron chi connectivity index (χ4n) is 1.26. The maximum absolute atomic E-state index is 11.0. The average Bonchev–Trinajstić information content (AvgIpc) is 2.37. The summed E-state index contributed by atoms with van der Waals surface area (Å²) < 4.78 is 9.30. The van der Waals surface area contributed by atoms with Crippen LogP contribution in [0.25, 0.3) is 0 Å². The van der Waals surface area contributed by atoms with Crippen molar-refractivity contribution in [2.24, 2.45) is 5.92 Å². The first-order valence-corrected chi connectivity index (χ1v) is 3.77. The predicted octanol–water partition coefficient (Wildman–Crippen LogP) is 0.605. The maximum Gasteiger partial charge on any atom is 0.170 e. The van der Waals surface area contributed by atoms with Crippen molar-refractivity contribution in [1.82, 2.24) is 0 Å². The molecular weight excluding hydrogens is 144 g/mol. The third-order valence-electron chi connectivity index (χ3n) is 1.86. The van der Waals surface area contributed by atoms with E-state index in [1.165, 1.54) is 7.11 Å². The van der Waals surface area contributed by atoms with E-state index in [1.54, 1.807) is 0 Å². The Labute approximate surface area is 66.0 Å². The minimum Gasteiger partial charge on any atom is -0.506 e. The first-order chi connectivity index (χ1) is 5.34. The van der Waals surface area contributed by atoms with E-state index in [2.05, 4.69) is 10.9 Å². The second kappa shape index (κ2) is 4.11. The SMILES string of the molecule is C[O+]=[C-]OCC1CCCC1=O. The molecule has 0 spiro atoms. The summed E-state index contributed by atoms with van der Waals surface area (Å²) in [6.45, 7) is 2.67. The molecule has 0 heterocycles. The molecule has 62 valence electrons. The third-order valence-corrected chi connectivity index (χ3v) is 1.86. The molecule has 0 N–H and O–H groups in total. The molecule has 0 aromatic rings. The van der Waals surface area contributed by atoms with Gasteiger partial charge in [-0.2, -0.15) is 0 Å². The summed E-state index contributed by atoms with van der Waals surface area (Å²) in [5.74, 6) is 0.389. The van der Waals surface area contributed by atoms with Gasteiger partial charge in [0.1, 0.15) is 19.5 Å². The Morgan fingerprint density at radius 1 is 1.82 bits per heavy atom. The molecule has 3 heteroatoms. The highest BCUT2D eigenvalue weighted by Gasteiger charge is 2.25. The van der Waals surface area contributed by atoms with Gasteiger partial charge < -0.3 is 9.16 Å². The summed E-state index contributed by atoms with van der Waals surface area (Å²) >= 11 is 0. The van der Waals surface area contributed by atoms with Crippen molar-refractivity contribution in [3.8, 4) is 0 Å². The zero-order chi connectivity index (χ0) is 8.10. The number of hydrogen-bond donors (Lipinski definition) is 0. The van der Waals surface area contributed by atoms with Gasteiger partial charge in [-0.3, -0.25) is 4.79 Å². The van der Waals surface area contributed by atoms with Gasteiger partial charge in [-0.1, -0.05) is 0 Å². The largest absolute Gasteiger partial charge is 0.506 e. The molecule has 0 amide bonds. The number of ketones is 1. The number of rotatable bonds is 3. The molecule has 1 fully saturated rings. The molecule has 11 heavy (non-hydrogen) atoms. The molecule has 0 aromatic carbocycles. The maximum atomic E-state index is 11.0. The first-order valence-electron chi connectivity index (χ1n) is 3.77. The van der Waals surface area contributed by atoms with Crippen LogP contribution in [0.3, 0.4) is 0 Å². The van der Waals surface area contributed by atoms with Crippen LogP contribution in [0.5, 0.6) is 0 Å². The molecule has 1 saturated carbocycles.